The van der Waals surface area contributed by atoms with E-state index in [2.05, 4.69) is 12.7 Å². The van der Waals surface area contributed by atoms with E-state index < -0.39 is 14.1 Å². The van der Waals surface area contributed by atoms with Gasteiger partial charge in [0.25, 0.3) is 14.1 Å². The quantitative estimate of drug-likeness (QED) is 0.236. The summed E-state index contributed by atoms with van der Waals surface area (Å²) in [6.45, 7) is 4.16. The van der Waals surface area contributed by atoms with Gasteiger partial charge in [-0.25, -0.2) is 0 Å². The number of aliphatic hydroxyl groups is 1. The Morgan fingerprint density at radius 1 is 0.900 bits per heavy atom. The zero-order valence-corrected chi connectivity index (χ0v) is 16.0. The minimum Gasteiger partial charge on any atom is -0.393 e. The van der Waals surface area contributed by atoms with E-state index in [0.717, 1.165) is 6.42 Å². The second-order valence-electron chi connectivity index (χ2n) is 6.62. The fourth-order valence-electron chi connectivity index (χ4n) is 2.60. The molecule has 0 bridgehead atoms. The molecule has 0 heterocycles. The van der Waals surface area contributed by atoms with Crippen LogP contribution in [0, 0.1) is 0 Å². The lowest BCUT2D eigenvalue weighted by atomic mass is 10.1. The fraction of sp³-hybridized carbons (Fsp3) is 1.00. The SMILES string of the molecule is CCCCCCCCCC(Cl)C[CH2][Al]([CH3])[CH2]CC(C)O. The Hall–Kier alpha value is 0.782. The monoisotopic (exact) mass is 318 g/mol. The molecule has 20 heavy (non-hydrogen) atoms. The summed E-state index contributed by atoms with van der Waals surface area (Å²) in [5, 5.41) is 12.3. The third kappa shape index (κ3) is 15.2. The second-order valence-corrected chi connectivity index (χ2v) is 10.6. The van der Waals surface area contributed by atoms with Gasteiger partial charge in [-0.3, -0.25) is 0 Å². The number of unbranched alkanes of at least 4 members (excludes halogenated alkanes) is 6. The lowest BCUT2D eigenvalue weighted by molar-refractivity contribution is 0.190. The van der Waals surface area contributed by atoms with E-state index in [1.165, 1.54) is 68.4 Å². The van der Waals surface area contributed by atoms with Crippen LogP contribution in [0.5, 0.6) is 0 Å². The highest BCUT2D eigenvalue weighted by molar-refractivity contribution is 6.57. The summed E-state index contributed by atoms with van der Waals surface area (Å²) in [6.07, 6.45) is 12.9. The summed E-state index contributed by atoms with van der Waals surface area (Å²) < 4.78 is 0. The van der Waals surface area contributed by atoms with Gasteiger partial charge in [0.05, 0.1) is 6.10 Å². The molecule has 0 aliphatic carbocycles. The maximum atomic E-state index is 9.30. The summed E-state index contributed by atoms with van der Waals surface area (Å²) in [6, 6.07) is 0. The van der Waals surface area contributed by atoms with Crippen molar-refractivity contribution in [1.82, 2.24) is 0 Å². The number of aliphatic hydroxyl groups excluding tert-OH is 1. The Morgan fingerprint density at radius 2 is 1.45 bits per heavy atom. The van der Waals surface area contributed by atoms with Crippen molar-refractivity contribution in [3.63, 3.8) is 0 Å². The molecule has 0 aromatic heterocycles. The van der Waals surface area contributed by atoms with E-state index in [4.69, 9.17) is 11.6 Å². The van der Waals surface area contributed by atoms with Gasteiger partial charge in [0.1, 0.15) is 0 Å². The Kier molecular flexibility index (Phi) is 15.3. The maximum absolute atomic E-state index is 9.30. The van der Waals surface area contributed by atoms with Crippen LogP contribution in [0.2, 0.25) is 16.4 Å². The predicted octanol–water partition coefficient (Wildman–Crippen LogP) is 6.02. The topological polar surface area (TPSA) is 20.2 Å². The van der Waals surface area contributed by atoms with Crippen LogP contribution in [0.25, 0.3) is 0 Å². The molecule has 0 amide bonds. The highest BCUT2D eigenvalue weighted by Gasteiger charge is 2.13. The van der Waals surface area contributed by atoms with Crippen molar-refractivity contribution in [3.8, 4) is 0 Å². The van der Waals surface area contributed by atoms with Crippen molar-refractivity contribution in [2.24, 2.45) is 0 Å². The Labute approximate surface area is 136 Å². The van der Waals surface area contributed by atoms with Gasteiger partial charge in [-0.2, -0.15) is 0 Å². The van der Waals surface area contributed by atoms with Gasteiger partial charge in [-0.05, 0) is 26.2 Å². The lowest BCUT2D eigenvalue weighted by Crippen LogP contribution is -2.12. The standard InChI is InChI=1S/C12H24Cl.C4H9O.CH3.Al/c1-3-5-6-7-8-9-10-11-12(13)4-2;1-3-4(2)5;;/h12H,2-11H2,1H3;4-5H,1,3H2,2H3;1H3;. The third-order valence-electron chi connectivity index (χ3n) is 4.17. The molecule has 120 valence electrons. The van der Waals surface area contributed by atoms with Crippen LogP contribution in [0.3, 0.4) is 0 Å². The molecule has 0 aromatic rings. The Bertz CT molecular complexity index is 199. The van der Waals surface area contributed by atoms with E-state index >= 15 is 0 Å². The molecule has 2 unspecified atom stereocenters. The molecule has 0 fully saturated rings. The average Bonchev–Trinajstić information content (AvgIpc) is 2.41. The number of halogens is 1. The van der Waals surface area contributed by atoms with Crippen LogP contribution in [-0.4, -0.2) is 30.7 Å². The van der Waals surface area contributed by atoms with Crippen molar-refractivity contribution in [2.75, 3.05) is 0 Å². The summed E-state index contributed by atoms with van der Waals surface area (Å²) in [7, 11) is 0. The minimum absolute atomic E-state index is 0.121. The molecular weight excluding hydrogens is 283 g/mol. The number of hydrogen-bond donors (Lipinski definition) is 1. The first-order chi connectivity index (χ1) is 9.56. The number of hydrogen-bond acceptors (Lipinski definition) is 1. The van der Waals surface area contributed by atoms with E-state index in [9.17, 15) is 5.11 Å². The largest absolute Gasteiger partial charge is 0.393 e. The van der Waals surface area contributed by atoms with Gasteiger partial charge in [0.15, 0.2) is 0 Å². The van der Waals surface area contributed by atoms with Crippen molar-refractivity contribution >= 4 is 25.7 Å². The molecule has 0 aliphatic rings. The minimum atomic E-state index is -0.619. The van der Waals surface area contributed by atoms with E-state index in [1.54, 1.807) is 0 Å². The average molecular weight is 319 g/mol. The molecule has 0 radical (unpaired) electrons. The molecule has 0 aromatic carbocycles. The van der Waals surface area contributed by atoms with Crippen molar-refractivity contribution in [1.29, 1.82) is 0 Å². The maximum Gasteiger partial charge on any atom is 0.258 e. The summed E-state index contributed by atoms with van der Waals surface area (Å²) in [5.74, 6) is 2.42. The highest BCUT2D eigenvalue weighted by Crippen LogP contribution is 2.18. The fourth-order valence-corrected chi connectivity index (χ4v) is 5.41. The molecule has 0 aliphatic heterocycles. The zero-order valence-electron chi connectivity index (χ0n) is 14.0. The van der Waals surface area contributed by atoms with Crippen molar-refractivity contribution < 1.29 is 5.11 Å². The van der Waals surface area contributed by atoms with Crippen LogP contribution in [0.1, 0.15) is 78.1 Å². The molecule has 1 nitrogen and oxygen atoms in total. The van der Waals surface area contributed by atoms with E-state index in [0.29, 0.717) is 5.38 Å². The predicted molar refractivity (Wildman–Crippen MR) is 94.4 cm³/mol. The molecule has 0 saturated heterocycles. The second kappa shape index (κ2) is 14.7. The molecule has 1 N–H and O–H groups in total. The van der Waals surface area contributed by atoms with Crippen molar-refractivity contribution in [3.05, 3.63) is 0 Å². The lowest BCUT2D eigenvalue weighted by Gasteiger charge is -2.12. The summed E-state index contributed by atoms with van der Waals surface area (Å²) in [5.41, 5.74) is 0. The normalized spacial score (nSPS) is 14.2. The highest BCUT2D eigenvalue weighted by atomic mass is 35.5. The first kappa shape index (κ1) is 20.8. The van der Waals surface area contributed by atoms with E-state index in [-0.39, 0.29) is 6.10 Å². The molecule has 0 spiro atoms. The van der Waals surface area contributed by atoms with Gasteiger partial charge < -0.3 is 5.11 Å². The van der Waals surface area contributed by atoms with Crippen LogP contribution >= 0.6 is 11.6 Å². The first-order valence-corrected chi connectivity index (χ1v) is 12.1. The summed E-state index contributed by atoms with van der Waals surface area (Å²) >= 11 is 5.80. The molecule has 0 rings (SSSR count). The van der Waals surface area contributed by atoms with Gasteiger partial charge in [0.2, 0.25) is 0 Å². The van der Waals surface area contributed by atoms with Crippen LogP contribution < -0.4 is 0 Å². The molecule has 2 atom stereocenters. The molecule has 0 saturated carbocycles. The Balaban J connectivity index is 3.33. The van der Waals surface area contributed by atoms with E-state index in [1.807, 2.05) is 6.92 Å². The number of rotatable bonds is 14. The van der Waals surface area contributed by atoms with Crippen LogP contribution in [-0.2, 0) is 0 Å². The van der Waals surface area contributed by atoms with Gasteiger partial charge in [0, 0.05) is 5.38 Å². The van der Waals surface area contributed by atoms with Crippen LogP contribution in [0.4, 0.5) is 0 Å². The Morgan fingerprint density at radius 3 is 2.05 bits per heavy atom. The molecular formula is C17H36AlClO. The van der Waals surface area contributed by atoms with Gasteiger partial charge in [-0.15, -0.1) is 17.4 Å². The number of alkyl halides is 1. The summed E-state index contributed by atoms with van der Waals surface area (Å²) in [4.78, 5) is 0. The third-order valence-corrected chi connectivity index (χ3v) is 7.25. The zero-order chi connectivity index (χ0) is 15.2. The first-order valence-electron chi connectivity index (χ1n) is 8.88. The smallest absolute Gasteiger partial charge is 0.258 e. The molecule has 3 heteroatoms. The van der Waals surface area contributed by atoms with Crippen LogP contribution in [0.15, 0.2) is 0 Å². The van der Waals surface area contributed by atoms with Crippen molar-refractivity contribution in [2.45, 2.75) is 106 Å². The van der Waals surface area contributed by atoms with Gasteiger partial charge >= 0.3 is 0 Å². The van der Waals surface area contributed by atoms with Gasteiger partial charge in [-0.1, -0.05) is 62.4 Å².